The summed E-state index contributed by atoms with van der Waals surface area (Å²) in [4.78, 5) is 0. The summed E-state index contributed by atoms with van der Waals surface area (Å²) < 4.78 is 55.6. The Morgan fingerprint density at radius 3 is 1.10 bits per heavy atom. The molecular weight excluding hydrogens is 183 g/mol. The van der Waals surface area contributed by atoms with Crippen molar-refractivity contribution in [2.75, 3.05) is 0 Å². The fourth-order valence-corrected chi connectivity index (χ4v) is 0.978. The van der Waals surface area contributed by atoms with Crippen LogP contribution in [0.2, 0.25) is 0 Å². The molecule has 0 aliphatic heterocycles. The first-order chi connectivity index (χ1) is 3.71. The molecule has 0 aromatic heterocycles. The zero-order chi connectivity index (χ0) is 7.71. The zero-order valence-corrected chi connectivity index (χ0v) is 6.39. The summed E-state index contributed by atoms with van der Waals surface area (Å²) in [5, 5.41) is 0. The molecule has 0 rings (SSSR count). The molecule has 0 amide bonds. The van der Waals surface area contributed by atoms with E-state index in [1.807, 2.05) is 0 Å². The molecule has 0 atom stereocenters. The Balaban J connectivity index is 0. The molecule has 7 nitrogen and oxygen atoms in total. The van der Waals surface area contributed by atoms with E-state index in [1.165, 1.54) is 0 Å². The Kier molecular flexibility index (Phi) is 4.78. The van der Waals surface area contributed by atoms with Crippen molar-refractivity contribution in [3.63, 3.8) is 0 Å². The zero-order valence-electron chi connectivity index (χ0n) is 4.75. The first-order valence-electron chi connectivity index (χ1n) is 1.37. The van der Waals surface area contributed by atoms with E-state index in [0.29, 0.717) is 0 Å². The van der Waals surface area contributed by atoms with Gasteiger partial charge in [0.1, 0.15) is 0 Å². The Bertz CT molecular complexity index is 237. The maximum Gasteiger partial charge on any atom is 0.413 e. The van der Waals surface area contributed by atoms with Crippen LogP contribution in [0, 0.1) is 0 Å². The van der Waals surface area contributed by atoms with E-state index in [0.717, 1.165) is 0 Å². The summed E-state index contributed by atoms with van der Waals surface area (Å²) in [7, 11) is -10.2. The van der Waals surface area contributed by atoms with Gasteiger partial charge in [-0.25, -0.2) is 0 Å². The van der Waals surface area contributed by atoms with Crippen LogP contribution in [0.4, 0.5) is 0 Å². The van der Waals surface area contributed by atoms with Gasteiger partial charge in [0.15, 0.2) is 0 Å². The van der Waals surface area contributed by atoms with Gasteiger partial charge in [-0.05, 0) is 0 Å². The van der Waals surface area contributed by atoms with Crippen molar-refractivity contribution in [1.29, 1.82) is 0 Å². The Hall–Kier alpha value is 0.377. The molecule has 0 heterocycles. The van der Waals surface area contributed by atoms with E-state index in [-0.39, 0.29) is 18.9 Å². The van der Waals surface area contributed by atoms with Crippen molar-refractivity contribution in [2.45, 2.75) is 0 Å². The standard InChI is InChI=1S/Li.H2O7S2/c;1-8(2,3)7-9(4,5)6/h;(H,1,2,3)(H,4,5,6). The van der Waals surface area contributed by atoms with Gasteiger partial charge in [0.05, 0.1) is 0 Å². The molecule has 0 saturated carbocycles. The van der Waals surface area contributed by atoms with Gasteiger partial charge < -0.3 is 0 Å². The van der Waals surface area contributed by atoms with Crippen molar-refractivity contribution in [3.8, 4) is 0 Å². The molecule has 1 radical (unpaired) electrons. The van der Waals surface area contributed by atoms with Crippen LogP contribution in [-0.4, -0.2) is 44.8 Å². The van der Waals surface area contributed by atoms with Crippen LogP contribution in [0.15, 0.2) is 0 Å². The SMILES string of the molecule is O=S(=O)(O)OS(=O)(=O)O.[Li]. The average Bonchev–Trinajstić information content (AvgIpc) is 1.14. The first-order valence-corrected chi connectivity index (χ1v) is 4.10. The van der Waals surface area contributed by atoms with Gasteiger partial charge in [0, 0.05) is 18.9 Å². The van der Waals surface area contributed by atoms with Gasteiger partial charge in [-0.15, -0.1) is 3.63 Å². The fraction of sp³-hybridized carbons (Fsp3) is 0. The predicted molar refractivity (Wildman–Crippen MR) is 29.9 cm³/mol. The average molecular weight is 185 g/mol. The van der Waals surface area contributed by atoms with Crippen molar-refractivity contribution in [2.24, 2.45) is 0 Å². The summed E-state index contributed by atoms with van der Waals surface area (Å²) in [5.74, 6) is 0. The third-order valence-electron chi connectivity index (χ3n) is 0.172. The minimum atomic E-state index is -5.12. The van der Waals surface area contributed by atoms with Crippen molar-refractivity contribution < 1.29 is 29.6 Å². The Morgan fingerprint density at radius 1 is 0.900 bits per heavy atom. The van der Waals surface area contributed by atoms with Crippen LogP contribution in [0.3, 0.4) is 0 Å². The molecule has 0 saturated heterocycles. The van der Waals surface area contributed by atoms with Crippen LogP contribution in [0.25, 0.3) is 0 Å². The van der Waals surface area contributed by atoms with E-state index in [2.05, 4.69) is 3.63 Å². The summed E-state index contributed by atoms with van der Waals surface area (Å²) >= 11 is 0. The van der Waals surface area contributed by atoms with Gasteiger partial charge in [-0.1, -0.05) is 0 Å². The van der Waals surface area contributed by atoms with Gasteiger partial charge >= 0.3 is 20.8 Å². The second kappa shape index (κ2) is 3.68. The van der Waals surface area contributed by atoms with Crippen LogP contribution < -0.4 is 0 Å². The normalized spacial score (nSPS) is 12.2. The van der Waals surface area contributed by atoms with Crippen LogP contribution in [-0.2, 0) is 24.4 Å². The number of hydrogen-bond donors (Lipinski definition) is 2. The summed E-state index contributed by atoms with van der Waals surface area (Å²) in [6.45, 7) is 0. The first kappa shape index (κ1) is 13.0. The van der Waals surface area contributed by atoms with Crippen molar-refractivity contribution in [1.82, 2.24) is 0 Å². The topological polar surface area (TPSA) is 118 Å². The molecule has 0 bridgehead atoms. The third kappa shape index (κ3) is 11.2. The Labute approximate surface area is 69.5 Å². The molecule has 10 heteroatoms. The largest absolute Gasteiger partial charge is 0.413 e. The Morgan fingerprint density at radius 2 is 1.10 bits per heavy atom. The maximum atomic E-state index is 9.44. The van der Waals surface area contributed by atoms with Gasteiger partial charge in [0.25, 0.3) is 0 Å². The number of rotatable bonds is 2. The van der Waals surface area contributed by atoms with Gasteiger partial charge in [-0.2, -0.15) is 16.8 Å². The third-order valence-corrected chi connectivity index (χ3v) is 1.55. The molecular formula is H2LiO7S2. The summed E-state index contributed by atoms with van der Waals surface area (Å²) in [5.41, 5.74) is 0. The molecule has 0 aliphatic carbocycles. The van der Waals surface area contributed by atoms with E-state index in [4.69, 9.17) is 9.11 Å². The fourth-order valence-electron chi connectivity index (χ4n) is 0.109. The van der Waals surface area contributed by atoms with E-state index in [9.17, 15) is 16.8 Å². The molecule has 0 aromatic carbocycles. The second-order valence-electron chi connectivity index (χ2n) is 0.924. The molecule has 0 unspecified atom stereocenters. The van der Waals surface area contributed by atoms with Gasteiger partial charge in [-0.3, -0.25) is 9.11 Å². The monoisotopic (exact) mass is 185 g/mol. The molecule has 2 N–H and O–H groups in total. The van der Waals surface area contributed by atoms with Crippen molar-refractivity contribution in [3.05, 3.63) is 0 Å². The molecule has 57 valence electrons. The van der Waals surface area contributed by atoms with E-state index >= 15 is 0 Å². The molecule has 10 heavy (non-hydrogen) atoms. The molecule has 0 spiro atoms. The van der Waals surface area contributed by atoms with Crippen molar-refractivity contribution >= 4 is 39.7 Å². The predicted octanol–water partition coefficient (Wildman–Crippen LogP) is -1.77. The molecule has 0 aliphatic rings. The van der Waals surface area contributed by atoms with Crippen LogP contribution in [0.1, 0.15) is 0 Å². The number of hydrogen-bond acceptors (Lipinski definition) is 5. The van der Waals surface area contributed by atoms with E-state index < -0.39 is 20.8 Å². The van der Waals surface area contributed by atoms with E-state index in [1.54, 1.807) is 0 Å². The van der Waals surface area contributed by atoms with Crippen LogP contribution in [0.5, 0.6) is 0 Å². The minimum absolute atomic E-state index is 0. The maximum absolute atomic E-state index is 9.44. The molecule has 0 aromatic rings. The summed E-state index contributed by atoms with van der Waals surface area (Å²) in [6, 6.07) is 0. The minimum Gasteiger partial charge on any atom is -0.263 e. The van der Waals surface area contributed by atoms with Gasteiger partial charge in [0.2, 0.25) is 0 Å². The summed E-state index contributed by atoms with van der Waals surface area (Å²) in [6.07, 6.45) is 0. The smallest absolute Gasteiger partial charge is 0.263 e. The molecule has 0 fully saturated rings. The van der Waals surface area contributed by atoms with Crippen LogP contribution >= 0.6 is 0 Å². The second-order valence-corrected chi connectivity index (χ2v) is 3.18. The quantitative estimate of drug-likeness (QED) is 0.386.